The van der Waals surface area contributed by atoms with E-state index in [1.165, 1.54) is 11.8 Å². The van der Waals surface area contributed by atoms with E-state index in [1.807, 2.05) is 0 Å². The van der Waals surface area contributed by atoms with Gasteiger partial charge in [0, 0.05) is 55.1 Å². The van der Waals surface area contributed by atoms with Crippen molar-refractivity contribution >= 4 is 40.8 Å². The molecular weight excluding hydrogens is 553 g/mol. The number of fused-ring (bicyclic) bond motifs is 3. The molecule has 2 N–H and O–H groups in total. The van der Waals surface area contributed by atoms with Crippen LogP contribution in [0.25, 0.3) is 0 Å². The number of nitrogens with zero attached hydrogens (tertiary/aromatic N) is 5. The molecule has 8 nitrogen and oxygen atoms in total. The van der Waals surface area contributed by atoms with Gasteiger partial charge in [-0.15, -0.1) is 0 Å². The van der Waals surface area contributed by atoms with Crippen LogP contribution in [0.3, 0.4) is 0 Å². The zero-order valence-corrected chi connectivity index (χ0v) is 23.0. The average Bonchev–Trinajstić information content (AvgIpc) is 3.44. The van der Waals surface area contributed by atoms with Gasteiger partial charge < -0.3 is 25.1 Å². The zero-order chi connectivity index (χ0) is 27.5. The number of hydrogen-bond acceptors (Lipinski definition) is 8. The van der Waals surface area contributed by atoms with Crippen LogP contribution in [0.4, 0.5) is 24.7 Å². The van der Waals surface area contributed by atoms with E-state index >= 15 is 0 Å². The maximum Gasteiger partial charge on any atom is 0.419 e. The normalized spacial score (nSPS) is 25.5. The number of carbonyl (C=O) groups is 1. The average molecular weight is 583 g/mol. The molecule has 39 heavy (non-hydrogen) atoms. The number of carbonyl (C=O) groups excluding carboxylic acids is 1. The highest BCUT2D eigenvalue weighted by Gasteiger charge is 2.42. The number of phenolic OH excluding ortho intramolecular Hbond substituents is 1. The predicted octanol–water partition coefficient (Wildman–Crippen LogP) is 4.18. The van der Waals surface area contributed by atoms with Crippen LogP contribution in [0.1, 0.15) is 47.3 Å². The number of thioether (sulfide) groups is 1. The number of phenols is 1. The van der Waals surface area contributed by atoms with E-state index in [-0.39, 0.29) is 18.7 Å². The number of anilines is 2. The molecule has 0 spiro atoms. The third-order valence-corrected chi connectivity index (χ3v) is 9.51. The predicted molar refractivity (Wildman–Crippen MR) is 144 cm³/mol. The van der Waals surface area contributed by atoms with Crippen LogP contribution in [0.2, 0.25) is 5.02 Å². The molecule has 5 heterocycles. The Morgan fingerprint density at radius 3 is 2.56 bits per heavy atom. The minimum Gasteiger partial charge on any atom is -0.508 e. The lowest BCUT2D eigenvalue weighted by molar-refractivity contribution is -0.137. The van der Waals surface area contributed by atoms with Crippen molar-refractivity contribution in [3.8, 4) is 5.75 Å². The van der Waals surface area contributed by atoms with Crippen LogP contribution >= 0.6 is 23.4 Å². The summed E-state index contributed by atoms with van der Waals surface area (Å²) in [6.45, 7) is 2.54. The Kier molecular flexibility index (Phi) is 7.10. The fraction of sp³-hybridized carbons (Fsp3) is 0.577. The van der Waals surface area contributed by atoms with E-state index in [2.05, 4.69) is 27.1 Å². The molecule has 13 heteroatoms. The number of benzene rings is 1. The molecule has 0 saturated carbocycles. The molecule has 3 saturated heterocycles. The third-order valence-electron chi connectivity index (χ3n) is 8.22. The Morgan fingerprint density at radius 1 is 1.15 bits per heavy atom. The number of alkyl halides is 3. The Balaban J connectivity index is 1.39. The highest BCUT2D eigenvalue weighted by atomic mass is 35.5. The standard InChI is InChI=1S/C26H30ClF3N6O2S/c1-34-7-2-3-16(34)13-39-25-32-22-18(23(33-25)35-11-14-4-5-15(12-35)31-14)6-8-36(24(22)38)20-10-17(37)9-19(27)21(20)26(28,29)30/h9-10,14-16,31,37H,2-8,11-13H2,1H3/t14-,15+,16-/m0/s1. The summed E-state index contributed by atoms with van der Waals surface area (Å²) >= 11 is 7.41. The minimum atomic E-state index is -4.81. The maximum atomic E-state index is 14.0. The Hall–Kier alpha value is -2.28. The largest absolute Gasteiger partial charge is 0.508 e. The quantitative estimate of drug-likeness (QED) is 0.401. The molecule has 0 radical (unpaired) electrons. The lowest BCUT2D eigenvalue weighted by Crippen LogP contribution is -2.52. The van der Waals surface area contributed by atoms with Crippen LogP contribution in [0.5, 0.6) is 5.75 Å². The van der Waals surface area contributed by atoms with Gasteiger partial charge in [0.2, 0.25) is 0 Å². The molecule has 4 aliphatic heterocycles. The Labute approximate surface area is 233 Å². The van der Waals surface area contributed by atoms with Crippen molar-refractivity contribution in [2.24, 2.45) is 0 Å². The van der Waals surface area contributed by atoms with Gasteiger partial charge in [-0.3, -0.25) is 4.79 Å². The van der Waals surface area contributed by atoms with Crippen molar-refractivity contribution in [3.63, 3.8) is 0 Å². The fourth-order valence-corrected chi connectivity index (χ4v) is 7.66. The highest BCUT2D eigenvalue weighted by molar-refractivity contribution is 7.99. The summed E-state index contributed by atoms with van der Waals surface area (Å²) in [6.07, 6.45) is -0.163. The molecule has 1 amide bonds. The van der Waals surface area contributed by atoms with Gasteiger partial charge >= 0.3 is 6.18 Å². The molecule has 3 fully saturated rings. The Morgan fingerprint density at radius 2 is 1.90 bits per heavy atom. The third kappa shape index (κ3) is 5.16. The van der Waals surface area contributed by atoms with E-state index in [0.717, 1.165) is 68.1 Å². The smallest absolute Gasteiger partial charge is 0.419 e. The number of halogens is 4. The number of aromatic nitrogens is 2. The molecule has 210 valence electrons. The topological polar surface area (TPSA) is 84.8 Å². The van der Waals surface area contributed by atoms with E-state index in [9.17, 15) is 23.1 Å². The first kappa shape index (κ1) is 26.9. The number of nitrogens with one attached hydrogen (secondary N) is 1. The molecule has 3 atom stereocenters. The summed E-state index contributed by atoms with van der Waals surface area (Å²) in [5.41, 5.74) is -0.831. The molecule has 0 aliphatic carbocycles. The number of amides is 1. The summed E-state index contributed by atoms with van der Waals surface area (Å²) in [6, 6.07) is 2.85. The van der Waals surface area contributed by atoms with Crippen LogP contribution in [-0.2, 0) is 12.6 Å². The van der Waals surface area contributed by atoms with Crippen LogP contribution in [0, 0.1) is 0 Å². The van der Waals surface area contributed by atoms with E-state index in [1.54, 1.807) is 0 Å². The van der Waals surface area contributed by atoms with Crippen LogP contribution in [-0.4, -0.2) is 83.0 Å². The van der Waals surface area contributed by atoms with Gasteiger partial charge in [-0.25, -0.2) is 9.97 Å². The number of piperazine rings is 1. The van der Waals surface area contributed by atoms with E-state index in [4.69, 9.17) is 16.6 Å². The monoisotopic (exact) mass is 582 g/mol. The van der Waals surface area contributed by atoms with Gasteiger partial charge in [-0.05, 0) is 51.8 Å². The number of hydrogen-bond donors (Lipinski definition) is 2. The minimum absolute atomic E-state index is 0.0106. The van der Waals surface area contributed by atoms with E-state index < -0.39 is 34.1 Å². The van der Waals surface area contributed by atoms with Gasteiger partial charge in [0.25, 0.3) is 5.91 Å². The molecule has 0 unspecified atom stereocenters. The molecule has 6 rings (SSSR count). The van der Waals surface area contributed by atoms with Gasteiger partial charge in [0.05, 0.1) is 16.3 Å². The van der Waals surface area contributed by atoms with Gasteiger partial charge in [-0.1, -0.05) is 23.4 Å². The van der Waals surface area contributed by atoms with Gasteiger partial charge in [0.15, 0.2) is 5.16 Å². The highest BCUT2D eigenvalue weighted by Crippen LogP contribution is 2.45. The lowest BCUT2D eigenvalue weighted by atomic mass is 10.0. The van der Waals surface area contributed by atoms with Crippen molar-refractivity contribution in [2.45, 2.75) is 61.6 Å². The molecule has 1 aromatic carbocycles. The van der Waals surface area contributed by atoms with Gasteiger partial charge in [0.1, 0.15) is 17.3 Å². The first-order valence-corrected chi connectivity index (χ1v) is 14.6. The molecular formula is C26H30ClF3N6O2S. The summed E-state index contributed by atoms with van der Waals surface area (Å²) in [4.78, 5) is 29.0. The number of aromatic hydroxyl groups is 1. The SMILES string of the molecule is CN1CCC[C@H]1CSc1nc2c(c(N3C[C@H]4CC[C@@H](C3)N4)n1)CCN(c1cc(O)cc(Cl)c1C(F)(F)F)C2=O. The fourth-order valence-electron chi connectivity index (χ4n) is 6.27. The summed E-state index contributed by atoms with van der Waals surface area (Å²) < 4.78 is 42.0. The molecule has 2 aromatic rings. The van der Waals surface area contributed by atoms with E-state index in [0.29, 0.717) is 34.7 Å². The van der Waals surface area contributed by atoms with Crippen molar-refractivity contribution < 1.29 is 23.1 Å². The van der Waals surface area contributed by atoms with Gasteiger partial charge in [-0.2, -0.15) is 13.2 Å². The summed E-state index contributed by atoms with van der Waals surface area (Å²) in [5.74, 6) is 0.377. The van der Waals surface area contributed by atoms with Crippen LogP contribution < -0.4 is 15.1 Å². The van der Waals surface area contributed by atoms with Crippen molar-refractivity contribution in [3.05, 3.63) is 34.0 Å². The number of rotatable bonds is 5. The zero-order valence-electron chi connectivity index (χ0n) is 21.5. The molecule has 2 bridgehead atoms. The molecule has 1 aromatic heterocycles. The second-order valence-electron chi connectivity index (χ2n) is 10.8. The first-order chi connectivity index (χ1) is 18.6. The van der Waals surface area contributed by atoms with Crippen LogP contribution in [0.15, 0.2) is 17.3 Å². The number of likely N-dealkylation sites (tertiary alicyclic amines) is 1. The summed E-state index contributed by atoms with van der Waals surface area (Å²) in [7, 11) is 2.09. The van der Waals surface area contributed by atoms with Crippen molar-refractivity contribution in [2.75, 3.05) is 48.8 Å². The Bertz CT molecular complexity index is 1290. The lowest BCUT2D eigenvalue weighted by Gasteiger charge is -2.37. The summed E-state index contributed by atoms with van der Waals surface area (Å²) in [5, 5.41) is 13.5. The second-order valence-corrected chi connectivity index (χ2v) is 12.2. The van der Waals surface area contributed by atoms with Crippen molar-refractivity contribution in [1.29, 1.82) is 0 Å². The molecule has 4 aliphatic rings. The second kappa shape index (κ2) is 10.3. The maximum absolute atomic E-state index is 14.0. The van der Waals surface area contributed by atoms with Crippen molar-refractivity contribution in [1.82, 2.24) is 20.2 Å². The first-order valence-electron chi connectivity index (χ1n) is 13.2.